The van der Waals surface area contributed by atoms with E-state index in [1.165, 1.54) is 5.56 Å². The second-order valence-electron chi connectivity index (χ2n) is 8.09. The van der Waals surface area contributed by atoms with E-state index >= 15 is 0 Å². The van der Waals surface area contributed by atoms with Crippen LogP contribution in [0.15, 0.2) is 24.3 Å². The number of fused-ring (bicyclic) bond motifs is 1. The van der Waals surface area contributed by atoms with Gasteiger partial charge >= 0.3 is 5.97 Å². The number of hydrogen-bond acceptors (Lipinski definition) is 5. The molecular formula is C22H26N4O3. The maximum Gasteiger partial charge on any atom is 0.303 e. The largest absolute Gasteiger partial charge is 0.481 e. The third-order valence-electron chi connectivity index (χ3n) is 6.14. The lowest BCUT2D eigenvalue weighted by molar-refractivity contribution is -0.138. The van der Waals surface area contributed by atoms with Crippen molar-refractivity contribution in [1.29, 1.82) is 0 Å². The van der Waals surface area contributed by atoms with Gasteiger partial charge in [0.1, 0.15) is 17.2 Å². The smallest absolute Gasteiger partial charge is 0.303 e. The molecule has 152 valence electrons. The summed E-state index contributed by atoms with van der Waals surface area (Å²) in [5.74, 6) is 0.739. The Labute approximate surface area is 170 Å². The summed E-state index contributed by atoms with van der Waals surface area (Å²) in [6.45, 7) is 2.35. The molecule has 0 atom stereocenters. The zero-order chi connectivity index (χ0) is 20.5. The number of anilines is 2. The number of nitrogen functional groups attached to an aromatic ring is 1. The number of aryl methyl sites for hydroxylation is 1. The molecule has 1 aliphatic carbocycles. The zero-order valence-electron chi connectivity index (χ0n) is 16.6. The van der Waals surface area contributed by atoms with E-state index in [1.807, 2.05) is 12.1 Å². The molecule has 0 unspecified atom stereocenters. The number of benzene rings is 1. The zero-order valence-corrected chi connectivity index (χ0v) is 16.6. The van der Waals surface area contributed by atoms with E-state index in [1.54, 1.807) is 11.8 Å². The highest BCUT2D eigenvalue weighted by atomic mass is 16.4. The number of amides is 1. The predicted molar refractivity (Wildman–Crippen MR) is 110 cm³/mol. The number of nitrogens with two attached hydrogens (primary N) is 1. The summed E-state index contributed by atoms with van der Waals surface area (Å²) in [7, 11) is 0. The highest BCUT2D eigenvalue weighted by Crippen LogP contribution is 2.38. The van der Waals surface area contributed by atoms with Crippen LogP contribution in [0.4, 0.5) is 11.5 Å². The fourth-order valence-electron chi connectivity index (χ4n) is 4.64. The first-order valence-electron chi connectivity index (χ1n) is 10.2. The number of carbonyl (C=O) groups is 2. The van der Waals surface area contributed by atoms with Crippen LogP contribution in [0, 0.1) is 12.8 Å². The molecule has 0 bridgehead atoms. The van der Waals surface area contributed by atoms with Crippen LogP contribution in [0.25, 0.3) is 0 Å². The molecule has 1 aliphatic heterocycles. The Hall–Kier alpha value is -2.96. The predicted octanol–water partition coefficient (Wildman–Crippen LogP) is 3.32. The summed E-state index contributed by atoms with van der Waals surface area (Å²) in [4.78, 5) is 34.1. The van der Waals surface area contributed by atoms with Crippen molar-refractivity contribution in [2.24, 2.45) is 5.92 Å². The second-order valence-corrected chi connectivity index (χ2v) is 8.09. The molecule has 2 aliphatic rings. The Morgan fingerprint density at radius 1 is 1.17 bits per heavy atom. The van der Waals surface area contributed by atoms with Gasteiger partial charge in [0.2, 0.25) is 0 Å². The monoisotopic (exact) mass is 394 g/mol. The van der Waals surface area contributed by atoms with Gasteiger partial charge in [0.15, 0.2) is 0 Å². The van der Waals surface area contributed by atoms with Crippen LogP contribution in [-0.2, 0) is 11.2 Å². The van der Waals surface area contributed by atoms with Gasteiger partial charge in [-0.2, -0.15) is 0 Å². The van der Waals surface area contributed by atoms with Crippen molar-refractivity contribution in [3.8, 4) is 0 Å². The fourth-order valence-corrected chi connectivity index (χ4v) is 4.64. The number of aliphatic carboxylic acids is 1. The van der Waals surface area contributed by atoms with E-state index in [-0.39, 0.29) is 18.1 Å². The van der Waals surface area contributed by atoms with Crippen LogP contribution in [0.5, 0.6) is 0 Å². The van der Waals surface area contributed by atoms with Gasteiger partial charge in [-0.1, -0.05) is 12.1 Å². The number of hydrogen-bond donors (Lipinski definition) is 2. The van der Waals surface area contributed by atoms with Crippen LogP contribution in [0.1, 0.15) is 65.5 Å². The van der Waals surface area contributed by atoms with E-state index < -0.39 is 5.97 Å². The summed E-state index contributed by atoms with van der Waals surface area (Å²) in [5.41, 5.74) is 9.25. The molecule has 2 aromatic rings. The lowest BCUT2D eigenvalue weighted by Crippen LogP contribution is -2.39. The van der Waals surface area contributed by atoms with Gasteiger partial charge in [0.25, 0.3) is 5.91 Å². The Balaban J connectivity index is 1.46. The average Bonchev–Trinajstić information content (AvgIpc) is 2.68. The SMILES string of the molecule is Cc1nc(N)c2c(n1)CCN(c1ccc([C@H]3CC[C@@H](CC(=O)O)CC3)cc1)C2=O. The van der Waals surface area contributed by atoms with Crippen molar-refractivity contribution in [3.05, 3.63) is 46.9 Å². The van der Waals surface area contributed by atoms with Crippen molar-refractivity contribution >= 4 is 23.4 Å². The van der Waals surface area contributed by atoms with Gasteiger partial charge in [0, 0.05) is 25.1 Å². The maximum atomic E-state index is 13.0. The maximum absolute atomic E-state index is 13.0. The first-order valence-corrected chi connectivity index (χ1v) is 10.2. The number of carbonyl (C=O) groups excluding carboxylic acids is 1. The average molecular weight is 394 g/mol. The Morgan fingerprint density at radius 2 is 1.86 bits per heavy atom. The molecule has 7 heteroatoms. The number of rotatable bonds is 4. The lowest BCUT2D eigenvalue weighted by Gasteiger charge is -2.30. The summed E-state index contributed by atoms with van der Waals surface area (Å²) in [6.07, 6.45) is 4.87. The van der Waals surface area contributed by atoms with E-state index in [4.69, 9.17) is 10.8 Å². The first kappa shape index (κ1) is 19.4. The van der Waals surface area contributed by atoms with Crippen LogP contribution in [-0.4, -0.2) is 33.5 Å². The van der Waals surface area contributed by atoms with Gasteiger partial charge in [-0.05, 0) is 62.1 Å². The normalized spacial score (nSPS) is 21.7. The van der Waals surface area contributed by atoms with Crippen molar-refractivity contribution in [2.75, 3.05) is 17.2 Å². The Kier molecular flexibility index (Phi) is 5.22. The molecule has 4 rings (SSSR count). The molecule has 1 saturated carbocycles. The summed E-state index contributed by atoms with van der Waals surface area (Å²) >= 11 is 0. The van der Waals surface area contributed by atoms with Crippen molar-refractivity contribution < 1.29 is 14.7 Å². The Bertz CT molecular complexity index is 934. The third kappa shape index (κ3) is 3.95. The van der Waals surface area contributed by atoms with Gasteiger partial charge in [-0.15, -0.1) is 0 Å². The first-order chi connectivity index (χ1) is 13.9. The molecule has 0 spiro atoms. The standard InChI is InChI=1S/C22H26N4O3/c1-13-24-18-10-11-26(22(29)20(18)21(23)25-13)17-8-6-16(7-9-17)15-4-2-14(3-5-15)12-19(27)28/h6-9,14-15H,2-5,10-12H2,1H3,(H,27,28)(H2,23,24,25)/t14-,15+. The van der Waals surface area contributed by atoms with Crippen LogP contribution >= 0.6 is 0 Å². The molecule has 3 N–H and O–H groups in total. The van der Waals surface area contributed by atoms with E-state index in [0.717, 1.165) is 37.1 Å². The minimum atomic E-state index is -0.702. The molecule has 2 heterocycles. The Morgan fingerprint density at radius 3 is 2.52 bits per heavy atom. The number of carboxylic acids is 1. The van der Waals surface area contributed by atoms with Crippen molar-refractivity contribution in [2.45, 2.75) is 51.4 Å². The molecule has 1 aromatic heterocycles. The van der Waals surface area contributed by atoms with Gasteiger partial charge in [-0.3, -0.25) is 9.59 Å². The van der Waals surface area contributed by atoms with Crippen molar-refractivity contribution in [3.63, 3.8) is 0 Å². The molecule has 1 amide bonds. The minimum absolute atomic E-state index is 0.148. The molecule has 1 fully saturated rings. The molecule has 29 heavy (non-hydrogen) atoms. The third-order valence-corrected chi connectivity index (χ3v) is 6.14. The van der Waals surface area contributed by atoms with Gasteiger partial charge in [-0.25, -0.2) is 9.97 Å². The van der Waals surface area contributed by atoms with Gasteiger partial charge in [0.05, 0.1) is 5.69 Å². The summed E-state index contributed by atoms with van der Waals surface area (Å²) in [5, 5.41) is 8.97. The van der Waals surface area contributed by atoms with Crippen LogP contribution < -0.4 is 10.6 Å². The summed E-state index contributed by atoms with van der Waals surface area (Å²) < 4.78 is 0. The second kappa shape index (κ2) is 7.81. The molecule has 7 nitrogen and oxygen atoms in total. The van der Waals surface area contributed by atoms with Gasteiger partial charge < -0.3 is 15.7 Å². The lowest BCUT2D eigenvalue weighted by atomic mass is 9.77. The van der Waals surface area contributed by atoms with E-state index in [2.05, 4.69) is 22.1 Å². The highest BCUT2D eigenvalue weighted by molar-refractivity contribution is 6.10. The van der Waals surface area contributed by atoms with Crippen molar-refractivity contribution in [1.82, 2.24) is 9.97 Å². The topological polar surface area (TPSA) is 109 Å². The molecule has 0 radical (unpaired) electrons. The minimum Gasteiger partial charge on any atom is -0.481 e. The highest BCUT2D eigenvalue weighted by Gasteiger charge is 2.30. The molecule has 1 aromatic carbocycles. The van der Waals surface area contributed by atoms with E-state index in [0.29, 0.717) is 36.2 Å². The summed E-state index contributed by atoms with van der Waals surface area (Å²) in [6, 6.07) is 8.17. The number of nitrogens with zero attached hydrogens (tertiary/aromatic N) is 3. The molecular weight excluding hydrogens is 368 g/mol. The van der Waals surface area contributed by atoms with E-state index in [9.17, 15) is 9.59 Å². The fraction of sp³-hybridized carbons (Fsp3) is 0.455. The molecule has 0 saturated heterocycles. The number of carboxylic acid groups (broad SMARTS) is 1. The van der Waals surface area contributed by atoms with Crippen LogP contribution in [0.3, 0.4) is 0 Å². The number of aromatic nitrogens is 2. The quantitative estimate of drug-likeness (QED) is 0.823. The van der Waals surface area contributed by atoms with Crippen LogP contribution in [0.2, 0.25) is 0 Å².